The smallest absolute Gasteiger partial charge is 0.101 e. The van der Waals surface area contributed by atoms with Gasteiger partial charge in [-0.15, -0.1) is 0 Å². The molecule has 0 spiro atoms. The molecular weight excluding hydrogens is 287 g/mol. The van der Waals surface area contributed by atoms with Crippen LogP contribution in [0.1, 0.15) is 25.0 Å². The van der Waals surface area contributed by atoms with Crippen LogP contribution in [0, 0.1) is 22.7 Å². The highest BCUT2D eigenvalue weighted by atomic mass is 127. The molecule has 0 aliphatic rings. The van der Waals surface area contributed by atoms with Gasteiger partial charge in [-0.05, 0) is 17.1 Å². The van der Waals surface area contributed by atoms with Gasteiger partial charge < -0.3 is 0 Å². The second-order valence-electron chi connectivity index (χ2n) is 1.77. The predicted molar refractivity (Wildman–Crippen MR) is 67.2 cm³/mol. The fourth-order valence-corrected chi connectivity index (χ4v) is 0.678. The molecule has 0 bridgehead atoms. The lowest BCUT2D eigenvalue weighted by Gasteiger charge is -1.88. The lowest BCUT2D eigenvalue weighted by atomic mass is 10.1. The number of halogens is 1. The van der Waals surface area contributed by atoms with Crippen molar-refractivity contribution in [1.82, 2.24) is 0 Å². The van der Waals surface area contributed by atoms with E-state index in [0.29, 0.717) is 11.1 Å². The van der Waals surface area contributed by atoms with Crippen LogP contribution >= 0.6 is 22.6 Å². The maximum Gasteiger partial charge on any atom is 0.101 e. The average molecular weight is 300 g/mol. The van der Waals surface area contributed by atoms with Crippen molar-refractivity contribution < 1.29 is 0 Å². The minimum absolute atomic E-state index is 0.435. The maximum atomic E-state index is 8.45. The van der Waals surface area contributed by atoms with Gasteiger partial charge >= 0.3 is 0 Å². The summed E-state index contributed by atoms with van der Waals surface area (Å²) in [5, 5.41) is 16.9. The Morgan fingerprint density at radius 3 is 1.43 bits per heavy atom. The molecule has 1 aromatic rings. The van der Waals surface area contributed by atoms with Gasteiger partial charge in [0.05, 0.1) is 11.1 Å². The van der Waals surface area contributed by atoms with Crippen LogP contribution in [0.15, 0.2) is 24.3 Å². The minimum Gasteiger partial charge on any atom is -0.192 e. The molecule has 0 N–H and O–H groups in total. The van der Waals surface area contributed by atoms with E-state index in [1.54, 1.807) is 24.3 Å². The predicted octanol–water partition coefficient (Wildman–Crippen LogP) is 3.51. The van der Waals surface area contributed by atoms with E-state index >= 15 is 0 Å². The molecule has 0 aliphatic heterocycles. The van der Waals surface area contributed by atoms with Crippen LogP contribution in [0.25, 0.3) is 0 Å². The molecule has 0 unspecified atom stereocenters. The second kappa shape index (κ2) is 11.9. The normalized spacial score (nSPS) is 6.43. The number of nitrogens with zero attached hydrogens (tertiary/aromatic N) is 2. The van der Waals surface area contributed by atoms with Gasteiger partial charge in [0.1, 0.15) is 12.1 Å². The Kier molecular flexibility index (Phi) is 13.1. The van der Waals surface area contributed by atoms with E-state index < -0.39 is 0 Å². The molecule has 1 rings (SSSR count). The van der Waals surface area contributed by atoms with Crippen molar-refractivity contribution in [2.45, 2.75) is 13.8 Å². The van der Waals surface area contributed by atoms with E-state index in [4.69, 9.17) is 10.5 Å². The van der Waals surface area contributed by atoms with Gasteiger partial charge in [0.15, 0.2) is 0 Å². The van der Waals surface area contributed by atoms with E-state index in [1.165, 1.54) is 0 Å². The number of alkyl halides is 1. The van der Waals surface area contributed by atoms with Crippen molar-refractivity contribution in [2.24, 2.45) is 0 Å². The van der Waals surface area contributed by atoms with Crippen molar-refractivity contribution in [3.8, 4) is 12.1 Å². The van der Waals surface area contributed by atoms with Gasteiger partial charge in [-0.25, -0.2) is 0 Å². The highest BCUT2D eigenvalue weighted by Crippen LogP contribution is 2.03. The summed E-state index contributed by atoms with van der Waals surface area (Å²) in [7, 11) is 0. The van der Waals surface area contributed by atoms with E-state index in [9.17, 15) is 0 Å². The number of rotatable bonds is 0. The Balaban J connectivity index is 0. The fourth-order valence-electron chi connectivity index (χ4n) is 0.678. The molecular formula is C11H13IN2. The molecule has 0 saturated carbocycles. The third-order valence-corrected chi connectivity index (χ3v) is 1.17. The van der Waals surface area contributed by atoms with Crippen molar-refractivity contribution >= 4 is 22.6 Å². The third-order valence-electron chi connectivity index (χ3n) is 1.17. The summed E-state index contributed by atoms with van der Waals surface area (Å²) in [6.45, 7) is 4.00. The second-order valence-corrected chi connectivity index (χ2v) is 1.77. The Morgan fingerprint density at radius 1 is 0.929 bits per heavy atom. The first-order valence-corrected chi connectivity index (χ1v) is 6.31. The largest absolute Gasteiger partial charge is 0.192 e. The Hall–Kier alpha value is -1.07. The first kappa shape index (κ1) is 15.4. The van der Waals surface area contributed by atoms with Gasteiger partial charge in [-0.3, -0.25) is 0 Å². The molecule has 74 valence electrons. The summed E-state index contributed by atoms with van der Waals surface area (Å²) in [5.74, 6) is 0. The summed E-state index contributed by atoms with van der Waals surface area (Å²) < 4.78 is 0. The standard InChI is InChI=1S/C8H4N2.C2H6.CH3I/c9-5-7-3-1-2-4-8(7)6-10;2*1-2/h1-4H;1-2H3;1H3. The quantitative estimate of drug-likeness (QED) is 0.544. The molecule has 0 saturated heterocycles. The Morgan fingerprint density at radius 2 is 1.21 bits per heavy atom. The summed E-state index contributed by atoms with van der Waals surface area (Å²) in [6, 6.07) is 10.6. The minimum atomic E-state index is 0.435. The highest BCUT2D eigenvalue weighted by Gasteiger charge is 1.95. The third kappa shape index (κ3) is 5.55. The fraction of sp³-hybridized carbons (Fsp3) is 0.273. The van der Waals surface area contributed by atoms with Crippen molar-refractivity contribution in [3.63, 3.8) is 0 Å². The van der Waals surface area contributed by atoms with Crippen molar-refractivity contribution in [1.29, 1.82) is 10.5 Å². The van der Waals surface area contributed by atoms with E-state index in [2.05, 4.69) is 22.6 Å². The zero-order chi connectivity index (χ0) is 11.4. The molecule has 3 heteroatoms. The summed E-state index contributed by atoms with van der Waals surface area (Å²) in [4.78, 5) is 1.97. The molecule has 14 heavy (non-hydrogen) atoms. The molecule has 0 heterocycles. The summed E-state index contributed by atoms with van der Waals surface area (Å²) in [6.07, 6.45) is 0. The number of hydrogen-bond donors (Lipinski definition) is 0. The SMILES string of the molecule is CC.CI.N#Cc1ccccc1C#N. The van der Waals surface area contributed by atoms with Crippen LogP contribution in [-0.2, 0) is 0 Å². The molecule has 0 atom stereocenters. The van der Waals surface area contributed by atoms with Gasteiger partial charge in [0, 0.05) is 0 Å². The summed E-state index contributed by atoms with van der Waals surface area (Å²) in [5.41, 5.74) is 0.870. The Bertz CT molecular complexity index is 288. The zero-order valence-corrected chi connectivity index (χ0v) is 10.7. The summed E-state index contributed by atoms with van der Waals surface area (Å²) >= 11 is 2.15. The van der Waals surface area contributed by atoms with Gasteiger partial charge in [-0.2, -0.15) is 10.5 Å². The molecule has 0 radical (unpaired) electrons. The topological polar surface area (TPSA) is 47.6 Å². The van der Waals surface area contributed by atoms with Gasteiger partial charge in [0.2, 0.25) is 0 Å². The number of benzene rings is 1. The lowest BCUT2D eigenvalue weighted by Crippen LogP contribution is -1.79. The van der Waals surface area contributed by atoms with Gasteiger partial charge in [-0.1, -0.05) is 48.6 Å². The van der Waals surface area contributed by atoms with E-state index in [1.807, 2.05) is 30.9 Å². The average Bonchev–Trinajstić information content (AvgIpc) is 2.34. The molecule has 0 aromatic heterocycles. The number of nitriles is 2. The molecule has 0 aliphatic carbocycles. The van der Waals surface area contributed by atoms with E-state index in [-0.39, 0.29) is 0 Å². The zero-order valence-electron chi connectivity index (χ0n) is 8.58. The number of hydrogen-bond acceptors (Lipinski definition) is 2. The molecule has 1 aromatic carbocycles. The molecule has 0 amide bonds. The van der Waals surface area contributed by atoms with Crippen LogP contribution in [0.3, 0.4) is 0 Å². The maximum absolute atomic E-state index is 8.45. The van der Waals surface area contributed by atoms with Crippen LogP contribution in [0.5, 0.6) is 0 Å². The van der Waals surface area contributed by atoms with Crippen LogP contribution in [0.2, 0.25) is 0 Å². The van der Waals surface area contributed by atoms with E-state index in [0.717, 1.165) is 0 Å². The Labute approximate surface area is 99.3 Å². The first-order valence-electron chi connectivity index (χ1n) is 4.15. The van der Waals surface area contributed by atoms with Gasteiger partial charge in [0.25, 0.3) is 0 Å². The first-order chi connectivity index (χ1) is 6.88. The van der Waals surface area contributed by atoms with Crippen molar-refractivity contribution in [3.05, 3.63) is 35.4 Å². The van der Waals surface area contributed by atoms with Crippen LogP contribution in [-0.4, -0.2) is 4.93 Å². The van der Waals surface area contributed by atoms with Crippen molar-refractivity contribution in [2.75, 3.05) is 4.93 Å². The molecule has 0 fully saturated rings. The monoisotopic (exact) mass is 300 g/mol. The highest BCUT2D eigenvalue weighted by molar-refractivity contribution is 14.1. The lowest BCUT2D eigenvalue weighted by molar-refractivity contribution is 1.43. The van der Waals surface area contributed by atoms with Crippen LogP contribution in [0.4, 0.5) is 0 Å². The molecule has 2 nitrogen and oxygen atoms in total. The van der Waals surface area contributed by atoms with Crippen LogP contribution < -0.4 is 0 Å².